The maximum atomic E-state index is 12.0. The molecule has 6 nitrogen and oxygen atoms in total. The highest BCUT2D eigenvalue weighted by atomic mass is 32.1. The third-order valence-corrected chi connectivity index (χ3v) is 4.13. The first kappa shape index (κ1) is 17.6. The van der Waals surface area contributed by atoms with Crippen LogP contribution < -0.4 is 11.1 Å². The van der Waals surface area contributed by atoms with Crippen LogP contribution in [-0.2, 0) is 4.79 Å². The van der Waals surface area contributed by atoms with Gasteiger partial charge in [0.2, 0.25) is 5.91 Å². The van der Waals surface area contributed by atoms with Crippen molar-refractivity contribution in [2.45, 2.75) is 39.7 Å². The van der Waals surface area contributed by atoms with Gasteiger partial charge in [0.25, 0.3) is 0 Å². The van der Waals surface area contributed by atoms with Crippen molar-refractivity contribution >= 4 is 23.2 Å². The number of thiazole rings is 1. The molecular formula is C14H23N3O3S. The van der Waals surface area contributed by atoms with Gasteiger partial charge in [0.15, 0.2) is 5.69 Å². The van der Waals surface area contributed by atoms with E-state index in [2.05, 4.69) is 24.1 Å². The van der Waals surface area contributed by atoms with Crippen molar-refractivity contribution in [2.24, 2.45) is 17.6 Å². The number of carboxylic acid groups (broad SMARTS) is 1. The third kappa shape index (κ3) is 5.81. The van der Waals surface area contributed by atoms with E-state index < -0.39 is 5.97 Å². The average molecular weight is 313 g/mol. The summed E-state index contributed by atoms with van der Waals surface area (Å²) in [6.07, 6.45) is 1.30. The summed E-state index contributed by atoms with van der Waals surface area (Å²) in [5.41, 5.74) is 5.70. The first-order valence-corrected chi connectivity index (χ1v) is 7.89. The number of nitrogens with two attached hydrogens (primary N) is 1. The number of aromatic carboxylic acids is 1. The van der Waals surface area contributed by atoms with E-state index in [1.165, 1.54) is 16.7 Å². The second kappa shape index (κ2) is 8.09. The third-order valence-electron chi connectivity index (χ3n) is 3.10. The molecule has 1 heterocycles. The minimum Gasteiger partial charge on any atom is -0.476 e. The SMILES string of the molecule is CC(C)C[C@H](CN)CC(=O)NC(C)c1nc(C(=O)O)cs1. The monoisotopic (exact) mass is 313 g/mol. The molecular weight excluding hydrogens is 290 g/mol. The quantitative estimate of drug-likeness (QED) is 0.681. The Labute approximate surface area is 128 Å². The molecule has 0 aliphatic rings. The number of aromatic nitrogens is 1. The molecule has 1 rings (SSSR count). The summed E-state index contributed by atoms with van der Waals surface area (Å²) in [7, 11) is 0. The minimum atomic E-state index is -1.06. The van der Waals surface area contributed by atoms with Gasteiger partial charge in [0.05, 0.1) is 6.04 Å². The van der Waals surface area contributed by atoms with Crippen LogP contribution in [0.5, 0.6) is 0 Å². The Kier molecular flexibility index (Phi) is 6.77. The van der Waals surface area contributed by atoms with Crippen LogP contribution in [0.1, 0.15) is 55.2 Å². The summed E-state index contributed by atoms with van der Waals surface area (Å²) in [4.78, 5) is 26.8. The maximum absolute atomic E-state index is 12.0. The van der Waals surface area contributed by atoms with Crippen molar-refractivity contribution < 1.29 is 14.7 Å². The maximum Gasteiger partial charge on any atom is 0.355 e. The zero-order chi connectivity index (χ0) is 16.0. The van der Waals surface area contributed by atoms with Gasteiger partial charge in [-0.15, -0.1) is 11.3 Å². The largest absolute Gasteiger partial charge is 0.476 e. The van der Waals surface area contributed by atoms with E-state index in [9.17, 15) is 9.59 Å². The predicted octanol–water partition coefficient (Wildman–Crippen LogP) is 2.03. The molecule has 1 amide bonds. The molecule has 21 heavy (non-hydrogen) atoms. The van der Waals surface area contributed by atoms with Crippen LogP contribution in [0.2, 0.25) is 0 Å². The fourth-order valence-corrected chi connectivity index (χ4v) is 2.94. The molecule has 0 aromatic carbocycles. The Morgan fingerprint density at radius 3 is 2.57 bits per heavy atom. The van der Waals surface area contributed by atoms with Gasteiger partial charge >= 0.3 is 5.97 Å². The summed E-state index contributed by atoms with van der Waals surface area (Å²) < 4.78 is 0. The molecule has 0 aliphatic carbocycles. The topological polar surface area (TPSA) is 105 Å². The van der Waals surface area contributed by atoms with Crippen molar-refractivity contribution in [3.05, 3.63) is 16.1 Å². The molecule has 0 saturated carbocycles. The fraction of sp³-hybridized carbons (Fsp3) is 0.643. The van der Waals surface area contributed by atoms with E-state index in [4.69, 9.17) is 10.8 Å². The van der Waals surface area contributed by atoms with E-state index in [0.717, 1.165) is 6.42 Å². The number of nitrogens with one attached hydrogen (secondary N) is 1. The van der Waals surface area contributed by atoms with Crippen LogP contribution in [-0.4, -0.2) is 28.5 Å². The van der Waals surface area contributed by atoms with E-state index >= 15 is 0 Å². The van der Waals surface area contributed by atoms with Gasteiger partial charge in [-0.1, -0.05) is 13.8 Å². The number of hydrogen-bond acceptors (Lipinski definition) is 5. The Bertz CT molecular complexity index is 488. The van der Waals surface area contributed by atoms with Crippen molar-refractivity contribution in [1.82, 2.24) is 10.3 Å². The van der Waals surface area contributed by atoms with Crippen LogP contribution in [0.25, 0.3) is 0 Å². The highest BCUT2D eigenvalue weighted by Gasteiger charge is 2.18. The molecule has 0 spiro atoms. The Balaban J connectivity index is 2.54. The summed E-state index contributed by atoms with van der Waals surface area (Å²) in [5.74, 6) is -0.467. The molecule has 4 N–H and O–H groups in total. The van der Waals surface area contributed by atoms with Crippen LogP contribution >= 0.6 is 11.3 Å². The summed E-state index contributed by atoms with van der Waals surface area (Å²) >= 11 is 1.23. The van der Waals surface area contributed by atoms with Crippen molar-refractivity contribution in [3.63, 3.8) is 0 Å². The van der Waals surface area contributed by atoms with Crippen molar-refractivity contribution in [2.75, 3.05) is 6.54 Å². The number of carbonyl (C=O) groups excluding carboxylic acids is 1. The van der Waals surface area contributed by atoms with Gasteiger partial charge < -0.3 is 16.2 Å². The number of hydrogen-bond donors (Lipinski definition) is 3. The minimum absolute atomic E-state index is 0.00995. The zero-order valence-electron chi connectivity index (χ0n) is 12.6. The van der Waals surface area contributed by atoms with Gasteiger partial charge in [0.1, 0.15) is 5.01 Å². The fourth-order valence-electron chi connectivity index (χ4n) is 2.14. The van der Waals surface area contributed by atoms with Gasteiger partial charge in [-0.3, -0.25) is 4.79 Å². The van der Waals surface area contributed by atoms with Crippen molar-refractivity contribution in [1.29, 1.82) is 0 Å². The summed E-state index contributed by atoms with van der Waals surface area (Å²) in [6, 6.07) is -0.298. The molecule has 0 bridgehead atoms. The van der Waals surface area contributed by atoms with Crippen LogP contribution in [0.15, 0.2) is 5.38 Å². The van der Waals surface area contributed by atoms with E-state index in [0.29, 0.717) is 23.9 Å². The first-order chi connectivity index (χ1) is 9.83. The molecule has 0 fully saturated rings. The van der Waals surface area contributed by atoms with E-state index in [1.54, 1.807) is 6.92 Å². The highest BCUT2D eigenvalue weighted by Crippen LogP contribution is 2.19. The van der Waals surface area contributed by atoms with Gasteiger partial charge in [-0.2, -0.15) is 0 Å². The highest BCUT2D eigenvalue weighted by molar-refractivity contribution is 7.09. The lowest BCUT2D eigenvalue weighted by molar-refractivity contribution is -0.122. The number of carbonyl (C=O) groups is 2. The molecule has 1 unspecified atom stereocenters. The smallest absolute Gasteiger partial charge is 0.355 e. The number of nitrogens with zero attached hydrogens (tertiary/aromatic N) is 1. The second-order valence-electron chi connectivity index (χ2n) is 5.60. The zero-order valence-corrected chi connectivity index (χ0v) is 13.4. The molecule has 0 radical (unpaired) electrons. The average Bonchev–Trinajstić information content (AvgIpc) is 2.86. The predicted molar refractivity (Wildman–Crippen MR) is 82.2 cm³/mol. The molecule has 1 aromatic heterocycles. The van der Waals surface area contributed by atoms with Gasteiger partial charge in [0, 0.05) is 11.8 Å². The van der Waals surface area contributed by atoms with E-state index in [1.807, 2.05) is 0 Å². The number of amides is 1. The van der Waals surface area contributed by atoms with Gasteiger partial charge in [-0.25, -0.2) is 9.78 Å². The molecule has 7 heteroatoms. The van der Waals surface area contributed by atoms with Crippen LogP contribution in [0.3, 0.4) is 0 Å². The number of carboxylic acids is 1. The lowest BCUT2D eigenvalue weighted by atomic mass is 9.94. The summed E-state index contributed by atoms with van der Waals surface area (Å²) in [5, 5.41) is 13.8. The molecule has 0 aliphatic heterocycles. The lowest BCUT2D eigenvalue weighted by Gasteiger charge is -2.18. The lowest BCUT2D eigenvalue weighted by Crippen LogP contribution is -2.30. The molecule has 118 valence electrons. The van der Waals surface area contributed by atoms with E-state index in [-0.39, 0.29) is 23.6 Å². The Morgan fingerprint density at radius 1 is 1.43 bits per heavy atom. The van der Waals surface area contributed by atoms with Crippen LogP contribution in [0.4, 0.5) is 0 Å². The molecule has 1 aromatic rings. The normalized spacial score (nSPS) is 14.0. The Morgan fingerprint density at radius 2 is 2.10 bits per heavy atom. The molecule has 0 saturated heterocycles. The number of rotatable bonds is 8. The Hall–Kier alpha value is -1.47. The second-order valence-corrected chi connectivity index (χ2v) is 6.49. The molecule has 2 atom stereocenters. The van der Waals surface area contributed by atoms with Gasteiger partial charge in [-0.05, 0) is 31.7 Å². The van der Waals surface area contributed by atoms with Crippen molar-refractivity contribution in [3.8, 4) is 0 Å². The summed E-state index contributed by atoms with van der Waals surface area (Å²) in [6.45, 7) is 6.49. The first-order valence-electron chi connectivity index (χ1n) is 7.01. The standard InChI is InChI=1S/C14H23N3O3S/c1-8(2)4-10(6-15)5-12(18)16-9(3)13-17-11(7-21-13)14(19)20/h7-10H,4-6,15H2,1-3H3,(H,16,18)(H,19,20)/t9?,10-/m0/s1. The van der Waals surface area contributed by atoms with Crippen LogP contribution in [0, 0.1) is 11.8 Å².